The Kier molecular flexibility index (Phi) is 2.78. The van der Waals surface area contributed by atoms with Crippen LogP contribution < -0.4 is 0 Å². The van der Waals surface area contributed by atoms with E-state index >= 15 is 0 Å². The number of aryl methyl sites for hydroxylation is 1. The molecule has 0 aliphatic carbocycles. The average Bonchev–Trinajstić information content (AvgIpc) is 2.83. The molecule has 2 aromatic heterocycles. The van der Waals surface area contributed by atoms with E-state index in [2.05, 4.69) is 15.3 Å². The van der Waals surface area contributed by atoms with Gasteiger partial charge in [-0.3, -0.25) is 4.68 Å². The zero-order valence-electron chi connectivity index (χ0n) is 8.36. The van der Waals surface area contributed by atoms with E-state index in [1.807, 2.05) is 0 Å². The van der Waals surface area contributed by atoms with E-state index in [1.165, 1.54) is 6.20 Å². The van der Waals surface area contributed by atoms with Gasteiger partial charge in [0.25, 0.3) is 0 Å². The lowest BCUT2D eigenvalue weighted by Gasteiger charge is -1.82. The van der Waals surface area contributed by atoms with Crippen LogP contribution in [-0.2, 0) is 7.05 Å². The Morgan fingerprint density at radius 1 is 1.56 bits per heavy atom. The first kappa shape index (κ1) is 10.5. The van der Waals surface area contributed by atoms with E-state index in [-0.39, 0.29) is 4.88 Å². The molecule has 0 aliphatic heterocycles. The van der Waals surface area contributed by atoms with Crippen LogP contribution in [-0.4, -0.2) is 31.1 Å². The topological polar surface area (TPSA) is 80.9 Å². The van der Waals surface area contributed by atoms with Gasteiger partial charge >= 0.3 is 5.97 Å². The molecule has 6 nitrogen and oxygen atoms in total. The molecule has 0 bridgehead atoms. The number of carboxylic acid groups (broad SMARTS) is 1. The minimum absolute atomic E-state index is 0.221. The van der Waals surface area contributed by atoms with Crippen LogP contribution in [0.25, 0.3) is 12.2 Å². The summed E-state index contributed by atoms with van der Waals surface area (Å²) < 4.78 is 1.59. The largest absolute Gasteiger partial charge is 0.477 e. The van der Waals surface area contributed by atoms with Crippen molar-refractivity contribution >= 4 is 29.5 Å². The van der Waals surface area contributed by atoms with Gasteiger partial charge in [-0.05, 0) is 12.2 Å². The lowest BCUT2D eigenvalue weighted by atomic mass is 10.4. The Morgan fingerprint density at radius 2 is 2.38 bits per heavy atom. The molecule has 82 valence electrons. The minimum atomic E-state index is -0.961. The molecule has 16 heavy (non-hydrogen) atoms. The SMILES string of the molecule is Cn1cc(/C=C/c2ncc(C(=O)O)s2)nn1. The molecule has 0 unspecified atom stereocenters. The van der Waals surface area contributed by atoms with E-state index in [1.54, 1.807) is 30.1 Å². The fraction of sp³-hybridized carbons (Fsp3) is 0.111. The summed E-state index contributed by atoms with van der Waals surface area (Å²) >= 11 is 1.11. The highest BCUT2D eigenvalue weighted by atomic mass is 32.1. The van der Waals surface area contributed by atoms with Gasteiger partial charge in [0.15, 0.2) is 0 Å². The Morgan fingerprint density at radius 3 is 2.94 bits per heavy atom. The zero-order chi connectivity index (χ0) is 11.5. The lowest BCUT2D eigenvalue weighted by Crippen LogP contribution is -1.89. The summed E-state index contributed by atoms with van der Waals surface area (Å²) in [6.07, 6.45) is 6.53. The first-order chi connectivity index (χ1) is 7.65. The summed E-state index contributed by atoms with van der Waals surface area (Å²) in [6, 6.07) is 0. The molecule has 0 fully saturated rings. The van der Waals surface area contributed by atoms with Gasteiger partial charge in [-0.2, -0.15) is 0 Å². The van der Waals surface area contributed by atoms with Crippen molar-refractivity contribution in [2.24, 2.45) is 7.05 Å². The summed E-state index contributed by atoms with van der Waals surface area (Å²) in [7, 11) is 1.77. The second kappa shape index (κ2) is 4.23. The maximum absolute atomic E-state index is 10.6. The zero-order valence-corrected chi connectivity index (χ0v) is 9.18. The third kappa shape index (κ3) is 2.31. The van der Waals surface area contributed by atoms with Crippen molar-refractivity contribution in [2.45, 2.75) is 0 Å². The molecule has 2 heterocycles. The molecule has 0 atom stereocenters. The second-order valence-electron chi connectivity index (χ2n) is 3.02. The fourth-order valence-electron chi connectivity index (χ4n) is 1.06. The third-order valence-corrected chi connectivity index (χ3v) is 2.70. The van der Waals surface area contributed by atoms with E-state index in [4.69, 9.17) is 5.11 Å². The number of thiazole rings is 1. The highest BCUT2D eigenvalue weighted by Gasteiger charge is 2.06. The van der Waals surface area contributed by atoms with Gasteiger partial charge in [-0.25, -0.2) is 9.78 Å². The van der Waals surface area contributed by atoms with Crippen LogP contribution in [0, 0.1) is 0 Å². The number of hydrogen-bond acceptors (Lipinski definition) is 5. The number of aromatic nitrogens is 4. The van der Waals surface area contributed by atoms with Crippen molar-refractivity contribution in [3.05, 3.63) is 28.0 Å². The average molecular weight is 236 g/mol. The number of aromatic carboxylic acids is 1. The van der Waals surface area contributed by atoms with Crippen LogP contribution in [0.1, 0.15) is 20.4 Å². The number of carbonyl (C=O) groups is 1. The van der Waals surface area contributed by atoms with E-state index in [0.29, 0.717) is 10.7 Å². The molecule has 2 aromatic rings. The van der Waals surface area contributed by atoms with Crippen LogP contribution in [0.2, 0.25) is 0 Å². The van der Waals surface area contributed by atoms with Crippen LogP contribution in [0.5, 0.6) is 0 Å². The Labute approximate surface area is 94.9 Å². The smallest absolute Gasteiger partial charge is 0.347 e. The third-order valence-electron chi connectivity index (χ3n) is 1.75. The maximum atomic E-state index is 10.6. The quantitative estimate of drug-likeness (QED) is 0.864. The van der Waals surface area contributed by atoms with Gasteiger partial charge in [-0.15, -0.1) is 16.4 Å². The van der Waals surface area contributed by atoms with Crippen molar-refractivity contribution in [2.75, 3.05) is 0 Å². The second-order valence-corrected chi connectivity index (χ2v) is 4.08. The summed E-state index contributed by atoms with van der Waals surface area (Å²) in [5.74, 6) is -0.961. The first-order valence-electron chi connectivity index (χ1n) is 4.38. The summed E-state index contributed by atoms with van der Waals surface area (Å²) in [5.41, 5.74) is 0.703. The van der Waals surface area contributed by atoms with Crippen molar-refractivity contribution in [1.82, 2.24) is 20.0 Å². The van der Waals surface area contributed by atoms with E-state index in [9.17, 15) is 4.79 Å². The molecule has 0 amide bonds. The molecule has 0 radical (unpaired) electrons. The predicted octanol–water partition coefficient (Wildman–Crippen LogP) is 1.14. The molecule has 0 saturated heterocycles. The molecule has 7 heteroatoms. The first-order valence-corrected chi connectivity index (χ1v) is 5.20. The Balaban J connectivity index is 2.14. The lowest BCUT2D eigenvalue weighted by molar-refractivity contribution is 0.0702. The Hall–Kier alpha value is -2.02. The van der Waals surface area contributed by atoms with Crippen molar-refractivity contribution in [3.63, 3.8) is 0 Å². The van der Waals surface area contributed by atoms with Crippen molar-refractivity contribution in [3.8, 4) is 0 Å². The number of rotatable bonds is 3. The van der Waals surface area contributed by atoms with Crippen molar-refractivity contribution in [1.29, 1.82) is 0 Å². The fourth-order valence-corrected chi connectivity index (χ4v) is 1.72. The summed E-state index contributed by atoms with van der Waals surface area (Å²) in [6.45, 7) is 0. The van der Waals surface area contributed by atoms with Crippen LogP contribution in [0.15, 0.2) is 12.4 Å². The predicted molar refractivity (Wildman–Crippen MR) is 59.0 cm³/mol. The van der Waals surface area contributed by atoms with Crippen LogP contribution >= 0.6 is 11.3 Å². The monoisotopic (exact) mass is 236 g/mol. The minimum Gasteiger partial charge on any atom is -0.477 e. The van der Waals surface area contributed by atoms with E-state index in [0.717, 1.165) is 11.3 Å². The molecule has 0 aliphatic rings. The number of carboxylic acids is 1. The van der Waals surface area contributed by atoms with Crippen LogP contribution in [0.3, 0.4) is 0 Å². The van der Waals surface area contributed by atoms with Gasteiger partial charge in [0.1, 0.15) is 15.6 Å². The van der Waals surface area contributed by atoms with Crippen LogP contribution in [0.4, 0.5) is 0 Å². The summed E-state index contributed by atoms with van der Waals surface area (Å²) in [5, 5.41) is 17.0. The molecule has 0 spiro atoms. The maximum Gasteiger partial charge on any atom is 0.347 e. The normalized spacial score (nSPS) is 11.1. The molecule has 2 rings (SSSR count). The molecular weight excluding hydrogens is 228 g/mol. The number of hydrogen-bond donors (Lipinski definition) is 1. The molecule has 0 aromatic carbocycles. The highest BCUT2D eigenvalue weighted by Crippen LogP contribution is 2.15. The standard InChI is InChI=1S/C9H8N4O2S/c1-13-5-6(11-12-13)2-3-8-10-4-7(16-8)9(14)15/h2-5H,1H3,(H,14,15)/b3-2+. The van der Waals surface area contributed by atoms with E-state index < -0.39 is 5.97 Å². The number of nitrogens with zero attached hydrogens (tertiary/aromatic N) is 4. The van der Waals surface area contributed by atoms with Gasteiger partial charge in [0, 0.05) is 7.05 Å². The van der Waals surface area contributed by atoms with Gasteiger partial charge in [-0.1, -0.05) is 5.21 Å². The Bertz CT molecular complexity index is 543. The molecule has 1 N–H and O–H groups in total. The van der Waals surface area contributed by atoms with Gasteiger partial charge in [0.05, 0.1) is 12.4 Å². The highest BCUT2D eigenvalue weighted by molar-refractivity contribution is 7.14. The molecule has 0 saturated carbocycles. The van der Waals surface area contributed by atoms with Gasteiger partial charge < -0.3 is 5.11 Å². The van der Waals surface area contributed by atoms with Crippen molar-refractivity contribution < 1.29 is 9.90 Å². The van der Waals surface area contributed by atoms with Gasteiger partial charge in [0.2, 0.25) is 0 Å². The molecular formula is C9H8N4O2S. The summed E-state index contributed by atoms with van der Waals surface area (Å²) in [4.78, 5) is 14.8.